The van der Waals surface area contributed by atoms with Crippen molar-refractivity contribution in [2.24, 2.45) is 5.73 Å². The van der Waals surface area contributed by atoms with Crippen LogP contribution in [0.15, 0.2) is 24.3 Å². The van der Waals surface area contributed by atoms with Crippen molar-refractivity contribution >= 4 is 5.91 Å². The summed E-state index contributed by atoms with van der Waals surface area (Å²) in [6.07, 6.45) is 0.448. The topological polar surface area (TPSA) is 75.8 Å². The number of hydrogen-bond acceptors (Lipinski definition) is 4. The number of carbonyl (C=O) groups excluding carboxylic acids is 1. The number of aromatic hydroxyl groups is 1. The molecule has 0 aromatic heterocycles. The molecule has 0 radical (unpaired) electrons. The van der Waals surface area contributed by atoms with Gasteiger partial charge in [0.1, 0.15) is 5.75 Å². The van der Waals surface area contributed by atoms with Crippen LogP contribution in [-0.2, 0) is 16.0 Å². The highest BCUT2D eigenvalue weighted by atomic mass is 16.5. The number of phenols is 1. The summed E-state index contributed by atoms with van der Waals surface area (Å²) in [5.74, 6) is 0.0899. The molecule has 106 valence electrons. The molecule has 0 heterocycles. The summed E-state index contributed by atoms with van der Waals surface area (Å²) in [6.45, 7) is 2.39. The summed E-state index contributed by atoms with van der Waals surface area (Å²) in [7, 11) is 3.33. The summed E-state index contributed by atoms with van der Waals surface area (Å²) in [4.78, 5) is 13.7. The summed E-state index contributed by atoms with van der Waals surface area (Å²) < 4.78 is 5.02. The summed E-state index contributed by atoms with van der Waals surface area (Å²) in [5.41, 5.74) is 6.85. The normalized spacial score (nSPS) is 13.9. The first-order valence-corrected chi connectivity index (χ1v) is 6.24. The Bertz CT molecular complexity index is 406. The Morgan fingerprint density at radius 2 is 2.00 bits per heavy atom. The maximum Gasteiger partial charge on any atom is 0.239 e. The van der Waals surface area contributed by atoms with Crippen molar-refractivity contribution in [3.8, 4) is 5.75 Å². The van der Waals surface area contributed by atoms with Crippen LogP contribution in [0.5, 0.6) is 5.75 Å². The van der Waals surface area contributed by atoms with Gasteiger partial charge in [-0.3, -0.25) is 4.79 Å². The lowest BCUT2D eigenvalue weighted by Crippen LogP contribution is -2.47. The Hall–Kier alpha value is -1.59. The van der Waals surface area contributed by atoms with E-state index in [-0.39, 0.29) is 17.7 Å². The Morgan fingerprint density at radius 1 is 1.42 bits per heavy atom. The molecule has 1 rings (SSSR count). The third kappa shape index (κ3) is 4.54. The Morgan fingerprint density at radius 3 is 2.53 bits per heavy atom. The summed E-state index contributed by atoms with van der Waals surface area (Å²) >= 11 is 0. The zero-order chi connectivity index (χ0) is 14.4. The molecule has 2 unspecified atom stereocenters. The number of ether oxygens (including phenoxy) is 1. The average Bonchev–Trinajstić information content (AvgIpc) is 2.39. The van der Waals surface area contributed by atoms with Crippen LogP contribution in [0.25, 0.3) is 0 Å². The van der Waals surface area contributed by atoms with Gasteiger partial charge in [-0.1, -0.05) is 12.1 Å². The van der Waals surface area contributed by atoms with E-state index in [1.165, 1.54) is 0 Å². The zero-order valence-electron chi connectivity index (χ0n) is 11.7. The van der Waals surface area contributed by atoms with Crippen LogP contribution in [-0.4, -0.2) is 48.8 Å². The first-order valence-electron chi connectivity index (χ1n) is 6.24. The smallest absolute Gasteiger partial charge is 0.239 e. The quantitative estimate of drug-likeness (QED) is 0.797. The van der Waals surface area contributed by atoms with Gasteiger partial charge in [0, 0.05) is 14.2 Å². The first-order chi connectivity index (χ1) is 8.95. The van der Waals surface area contributed by atoms with Crippen LogP contribution in [0.1, 0.15) is 12.5 Å². The van der Waals surface area contributed by atoms with Crippen LogP contribution in [0.4, 0.5) is 0 Å². The van der Waals surface area contributed by atoms with Gasteiger partial charge < -0.3 is 20.5 Å². The number of benzene rings is 1. The molecule has 1 aromatic carbocycles. The predicted octanol–water partition coefficient (Wildman–Crippen LogP) is 0.755. The lowest BCUT2D eigenvalue weighted by molar-refractivity contribution is -0.134. The third-order valence-electron chi connectivity index (χ3n) is 3.13. The lowest BCUT2D eigenvalue weighted by Gasteiger charge is -2.27. The van der Waals surface area contributed by atoms with Crippen LogP contribution >= 0.6 is 0 Å². The Labute approximate surface area is 114 Å². The molecule has 19 heavy (non-hydrogen) atoms. The predicted molar refractivity (Wildman–Crippen MR) is 73.9 cm³/mol. The molecular weight excluding hydrogens is 244 g/mol. The largest absolute Gasteiger partial charge is 0.508 e. The molecule has 0 aliphatic carbocycles. The highest BCUT2D eigenvalue weighted by molar-refractivity contribution is 5.82. The van der Waals surface area contributed by atoms with Gasteiger partial charge in [-0.15, -0.1) is 0 Å². The Kier molecular flexibility index (Phi) is 5.79. The number of rotatable bonds is 6. The van der Waals surface area contributed by atoms with E-state index in [1.54, 1.807) is 43.3 Å². The van der Waals surface area contributed by atoms with Gasteiger partial charge in [0.25, 0.3) is 0 Å². The second-order valence-corrected chi connectivity index (χ2v) is 4.73. The molecule has 0 saturated carbocycles. The first kappa shape index (κ1) is 15.5. The van der Waals surface area contributed by atoms with E-state index < -0.39 is 6.04 Å². The van der Waals surface area contributed by atoms with Crippen LogP contribution in [0, 0.1) is 0 Å². The number of likely N-dealkylation sites (N-methyl/N-ethyl adjacent to an activating group) is 1. The van der Waals surface area contributed by atoms with Gasteiger partial charge in [-0.2, -0.15) is 0 Å². The number of carbonyl (C=O) groups is 1. The zero-order valence-corrected chi connectivity index (χ0v) is 11.7. The molecular formula is C14H22N2O3. The maximum atomic E-state index is 12.1. The van der Waals surface area contributed by atoms with E-state index in [2.05, 4.69) is 0 Å². The number of hydrogen-bond donors (Lipinski definition) is 2. The van der Waals surface area contributed by atoms with Crippen molar-refractivity contribution in [2.45, 2.75) is 25.4 Å². The highest BCUT2D eigenvalue weighted by Gasteiger charge is 2.22. The lowest BCUT2D eigenvalue weighted by atomic mass is 10.1. The van der Waals surface area contributed by atoms with Gasteiger partial charge in [0.05, 0.1) is 18.7 Å². The minimum absolute atomic E-state index is 0.0108. The molecule has 0 bridgehead atoms. The minimum Gasteiger partial charge on any atom is -0.508 e. The SMILES string of the molecule is COCC(C)N(C)C(=O)C(N)Cc1ccc(O)cc1. The second kappa shape index (κ2) is 7.11. The fourth-order valence-corrected chi connectivity index (χ4v) is 1.81. The molecule has 5 heteroatoms. The number of nitrogens with zero attached hydrogens (tertiary/aromatic N) is 1. The van der Waals surface area contributed by atoms with E-state index >= 15 is 0 Å². The standard InChI is InChI=1S/C14H22N2O3/c1-10(9-19-3)16(2)14(18)13(15)8-11-4-6-12(17)7-5-11/h4-7,10,13,17H,8-9,15H2,1-3H3. The van der Waals surface area contributed by atoms with E-state index in [9.17, 15) is 9.90 Å². The fourth-order valence-electron chi connectivity index (χ4n) is 1.81. The number of methoxy groups -OCH3 is 1. The molecule has 0 fully saturated rings. The molecule has 5 nitrogen and oxygen atoms in total. The van der Waals surface area contributed by atoms with E-state index in [0.29, 0.717) is 13.0 Å². The maximum absolute atomic E-state index is 12.1. The van der Waals surface area contributed by atoms with E-state index in [4.69, 9.17) is 10.5 Å². The Balaban J connectivity index is 2.59. The molecule has 0 saturated heterocycles. The van der Waals surface area contributed by atoms with Crippen molar-refractivity contribution < 1.29 is 14.6 Å². The molecule has 0 aliphatic rings. The van der Waals surface area contributed by atoms with Gasteiger partial charge in [-0.25, -0.2) is 0 Å². The van der Waals surface area contributed by atoms with Crippen LogP contribution < -0.4 is 5.73 Å². The van der Waals surface area contributed by atoms with Crippen molar-refractivity contribution in [1.82, 2.24) is 4.90 Å². The van der Waals surface area contributed by atoms with Gasteiger partial charge >= 0.3 is 0 Å². The number of nitrogens with two attached hydrogens (primary N) is 1. The number of amides is 1. The van der Waals surface area contributed by atoms with E-state index in [0.717, 1.165) is 5.56 Å². The molecule has 2 atom stereocenters. The van der Waals surface area contributed by atoms with Gasteiger partial charge in [0.15, 0.2) is 0 Å². The molecule has 0 spiro atoms. The second-order valence-electron chi connectivity index (χ2n) is 4.73. The molecule has 3 N–H and O–H groups in total. The summed E-state index contributed by atoms with van der Waals surface area (Å²) in [6, 6.07) is 6.10. The van der Waals surface area contributed by atoms with Crippen molar-refractivity contribution in [3.63, 3.8) is 0 Å². The molecule has 1 aromatic rings. The molecule has 1 amide bonds. The average molecular weight is 266 g/mol. The van der Waals surface area contributed by atoms with Crippen molar-refractivity contribution in [1.29, 1.82) is 0 Å². The highest BCUT2D eigenvalue weighted by Crippen LogP contribution is 2.11. The number of phenolic OH excluding ortho intramolecular Hbond substituents is 1. The van der Waals surface area contributed by atoms with Crippen molar-refractivity contribution in [2.75, 3.05) is 20.8 Å². The third-order valence-corrected chi connectivity index (χ3v) is 3.13. The monoisotopic (exact) mass is 266 g/mol. The van der Waals surface area contributed by atoms with Gasteiger partial charge in [-0.05, 0) is 31.0 Å². The van der Waals surface area contributed by atoms with E-state index in [1.807, 2.05) is 6.92 Å². The van der Waals surface area contributed by atoms with Crippen LogP contribution in [0.3, 0.4) is 0 Å². The summed E-state index contributed by atoms with van der Waals surface area (Å²) in [5, 5.41) is 9.20. The minimum atomic E-state index is -0.589. The molecule has 0 aliphatic heterocycles. The van der Waals surface area contributed by atoms with Crippen LogP contribution in [0.2, 0.25) is 0 Å². The fraction of sp³-hybridized carbons (Fsp3) is 0.500. The van der Waals surface area contributed by atoms with Gasteiger partial charge in [0.2, 0.25) is 5.91 Å². The van der Waals surface area contributed by atoms with Crippen molar-refractivity contribution in [3.05, 3.63) is 29.8 Å².